The average Bonchev–Trinajstić information content (AvgIpc) is 2.16. The Hall–Kier alpha value is -1.23. The fourth-order valence-electron chi connectivity index (χ4n) is 1.30. The first-order valence-electron chi connectivity index (χ1n) is 4.99. The van der Waals surface area contributed by atoms with E-state index in [1.807, 2.05) is 0 Å². The van der Waals surface area contributed by atoms with Crippen molar-refractivity contribution in [3.8, 4) is 0 Å². The third kappa shape index (κ3) is 3.73. The Morgan fingerprint density at radius 3 is 2.50 bits per heavy atom. The molecule has 0 radical (unpaired) electrons. The van der Waals surface area contributed by atoms with Gasteiger partial charge in [0.2, 0.25) is 0 Å². The molecule has 0 heterocycles. The highest BCUT2D eigenvalue weighted by Gasteiger charge is 2.32. The summed E-state index contributed by atoms with van der Waals surface area (Å²) in [5, 5.41) is 11.7. The van der Waals surface area contributed by atoms with Crippen molar-refractivity contribution in [2.24, 2.45) is 0 Å². The first kappa shape index (κ1) is 12.8. The first-order valence-corrected chi connectivity index (χ1v) is 4.99. The highest BCUT2D eigenvalue weighted by molar-refractivity contribution is 5.52. The van der Waals surface area contributed by atoms with E-state index in [4.69, 9.17) is 5.11 Å². The second-order valence-corrected chi connectivity index (χ2v) is 3.61. The molecule has 5 heteroatoms. The van der Waals surface area contributed by atoms with Crippen LogP contribution in [0.1, 0.15) is 18.9 Å². The SMILES string of the molecule is CC(O)CCNc1ccccc1C(F)(F)F. The molecule has 0 bridgehead atoms. The van der Waals surface area contributed by atoms with E-state index in [2.05, 4.69) is 5.32 Å². The Morgan fingerprint density at radius 1 is 1.31 bits per heavy atom. The molecule has 1 rings (SSSR count). The van der Waals surface area contributed by atoms with Crippen molar-refractivity contribution in [1.82, 2.24) is 0 Å². The molecule has 0 fully saturated rings. The van der Waals surface area contributed by atoms with Crippen LogP contribution < -0.4 is 5.32 Å². The maximum Gasteiger partial charge on any atom is 0.418 e. The van der Waals surface area contributed by atoms with E-state index >= 15 is 0 Å². The number of benzene rings is 1. The van der Waals surface area contributed by atoms with Gasteiger partial charge >= 0.3 is 6.18 Å². The van der Waals surface area contributed by atoms with Gasteiger partial charge in [0.1, 0.15) is 0 Å². The van der Waals surface area contributed by atoms with Gasteiger partial charge in [-0.05, 0) is 25.5 Å². The number of rotatable bonds is 4. The maximum atomic E-state index is 12.5. The Labute approximate surface area is 92.1 Å². The first-order chi connectivity index (χ1) is 7.41. The normalized spacial score (nSPS) is 13.6. The van der Waals surface area contributed by atoms with E-state index in [1.54, 1.807) is 13.0 Å². The zero-order valence-corrected chi connectivity index (χ0v) is 8.88. The van der Waals surface area contributed by atoms with Gasteiger partial charge in [0, 0.05) is 12.2 Å². The number of anilines is 1. The molecule has 1 aromatic carbocycles. The Kier molecular flexibility index (Phi) is 4.18. The summed E-state index contributed by atoms with van der Waals surface area (Å²) in [5.41, 5.74) is -0.628. The molecule has 1 atom stereocenters. The summed E-state index contributed by atoms with van der Waals surface area (Å²) in [6, 6.07) is 5.30. The van der Waals surface area contributed by atoms with E-state index < -0.39 is 17.8 Å². The predicted octanol–water partition coefficient (Wildman–Crippen LogP) is 2.89. The topological polar surface area (TPSA) is 32.3 Å². The lowest BCUT2D eigenvalue weighted by molar-refractivity contribution is -0.136. The van der Waals surface area contributed by atoms with E-state index in [-0.39, 0.29) is 5.69 Å². The summed E-state index contributed by atoms with van der Waals surface area (Å²) in [5.74, 6) is 0. The molecule has 0 saturated carbocycles. The number of nitrogens with one attached hydrogen (secondary N) is 1. The Bertz CT molecular complexity index is 336. The quantitative estimate of drug-likeness (QED) is 0.838. The lowest BCUT2D eigenvalue weighted by Gasteiger charge is -2.14. The van der Waals surface area contributed by atoms with Crippen LogP contribution in [0, 0.1) is 0 Å². The van der Waals surface area contributed by atoms with Gasteiger partial charge in [0.15, 0.2) is 0 Å². The lowest BCUT2D eigenvalue weighted by atomic mass is 10.1. The summed E-state index contributed by atoms with van der Waals surface area (Å²) in [4.78, 5) is 0. The number of para-hydroxylation sites is 1. The van der Waals surface area contributed by atoms with Crippen molar-refractivity contribution in [1.29, 1.82) is 0 Å². The molecule has 2 nitrogen and oxygen atoms in total. The predicted molar refractivity (Wildman–Crippen MR) is 56.2 cm³/mol. The van der Waals surface area contributed by atoms with Crippen LogP contribution in [0.2, 0.25) is 0 Å². The highest BCUT2D eigenvalue weighted by Crippen LogP contribution is 2.34. The summed E-state index contributed by atoms with van der Waals surface area (Å²) >= 11 is 0. The summed E-state index contributed by atoms with van der Waals surface area (Å²) in [7, 11) is 0. The molecule has 0 aliphatic carbocycles. The van der Waals surface area contributed by atoms with E-state index in [1.165, 1.54) is 12.1 Å². The van der Waals surface area contributed by atoms with Gasteiger partial charge in [-0.15, -0.1) is 0 Å². The number of hydrogen-bond acceptors (Lipinski definition) is 2. The zero-order chi connectivity index (χ0) is 12.2. The second kappa shape index (κ2) is 5.21. The standard InChI is InChI=1S/C11H14F3NO/c1-8(16)6-7-15-10-5-3-2-4-9(10)11(12,13)14/h2-5,8,15-16H,6-7H2,1H3. The number of aliphatic hydroxyl groups excluding tert-OH is 1. The second-order valence-electron chi connectivity index (χ2n) is 3.61. The Balaban J connectivity index is 2.72. The van der Waals surface area contributed by atoms with Crippen molar-refractivity contribution in [2.45, 2.75) is 25.6 Å². The lowest BCUT2D eigenvalue weighted by Crippen LogP contribution is -2.14. The fourth-order valence-corrected chi connectivity index (χ4v) is 1.30. The molecule has 0 amide bonds. The van der Waals surface area contributed by atoms with Crippen LogP contribution in [0.5, 0.6) is 0 Å². The van der Waals surface area contributed by atoms with E-state index in [9.17, 15) is 13.2 Å². The van der Waals surface area contributed by atoms with E-state index in [0.29, 0.717) is 13.0 Å². The van der Waals surface area contributed by atoms with Crippen molar-refractivity contribution in [2.75, 3.05) is 11.9 Å². The van der Waals surface area contributed by atoms with Gasteiger partial charge in [0.05, 0.1) is 11.7 Å². The molecule has 16 heavy (non-hydrogen) atoms. The number of hydrogen-bond donors (Lipinski definition) is 2. The van der Waals surface area contributed by atoms with Crippen LogP contribution in [0.3, 0.4) is 0 Å². The third-order valence-electron chi connectivity index (χ3n) is 2.11. The molecule has 2 N–H and O–H groups in total. The molecule has 1 aromatic rings. The number of alkyl halides is 3. The van der Waals surface area contributed by atoms with Gasteiger partial charge in [-0.2, -0.15) is 13.2 Å². The Morgan fingerprint density at radius 2 is 1.94 bits per heavy atom. The summed E-state index contributed by atoms with van der Waals surface area (Å²) in [6.07, 6.45) is -4.47. The van der Waals surface area contributed by atoms with Crippen LogP contribution in [0.15, 0.2) is 24.3 Å². The molecule has 0 aromatic heterocycles. The minimum Gasteiger partial charge on any atom is -0.393 e. The minimum atomic E-state index is -4.35. The molecule has 0 spiro atoms. The molecular formula is C11H14F3NO. The van der Waals surface area contributed by atoms with Gasteiger partial charge in [-0.3, -0.25) is 0 Å². The highest BCUT2D eigenvalue weighted by atomic mass is 19.4. The monoisotopic (exact) mass is 233 g/mol. The molecular weight excluding hydrogens is 219 g/mol. The van der Waals surface area contributed by atoms with Crippen LogP contribution in [0.25, 0.3) is 0 Å². The smallest absolute Gasteiger partial charge is 0.393 e. The average molecular weight is 233 g/mol. The minimum absolute atomic E-state index is 0.0515. The molecule has 0 aliphatic rings. The number of halogens is 3. The van der Waals surface area contributed by atoms with Crippen LogP contribution >= 0.6 is 0 Å². The molecule has 90 valence electrons. The van der Waals surface area contributed by atoms with Gasteiger partial charge in [-0.1, -0.05) is 12.1 Å². The third-order valence-corrected chi connectivity index (χ3v) is 2.11. The fraction of sp³-hybridized carbons (Fsp3) is 0.455. The van der Waals surface area contributed by atoms with Crippen molar-refractivity contribution in [3.05, 3.63) is 29.8 Å². The van der Waals surface area contributed by atoms with Crippen LogP contribution in [0.4, 0.5) is 18.9 Å². The summed E-state index contributed by atoms with van der Waals surface area (Å²) in [6.45, 7) is 1.90. The van der Waals surface area contributed by atoms with Crippen LogP contribution in [-0.4, -0.2) is 17.8 Å². The summed E-state index contributed by atoms with van der Waals surface area (Å²) < 4.78 is 37.6. The van der Waals surface area contributed by atoms with Gasteiger partial charge in [-0.25, -0.2) is 0 Å². The number of aliphatic hydroxyl groups is 1. The maximum absolute atomic E-state index is 12.5. The van der Waals surface area contributed by atoms with Gasteiger partial charge < -0.3 is 10.4 Å². The van der Waals surface area contributed by atoms with Crippen molar-refractivity contribution < 1.29 is 18.3 Å². The zero-order valence-electron chi connectivity index (χ0n) is 8.88. The molecule has 1 unspecified atom stereocenters. The van der Waals surface area contributed by atoms with Crippen molar-refractivity contribution >= 4 is 5.69 Å². The van der Waals surface area contributed by atoms with Crippen LogP contribution in [-0.2, 0) is 6.18 Å². The van der Waals surface area contributed by atoms with Gasteiger partial charge in [0.25, 0.3) is 0 Å². The molecule has 0 aliphatic heterocycles. The molecule has 0 saturated heterocycles. The van der Waals surface area contributed by atoms with Crippen molar-refractivity contribution in [3.63, 3.8) is 0 Å². The van der Waals surface area contributed by atoms with E-state index in [0.717, 1.165) is 6.07 Å². The largest absolute Gasteiger partial charge is 0.418 e.